The van der Waals surface area contributed by atoms with Crippen molar-refractivity contribution in [3.05, 3.63) is 59.2 Å². The molecule has 3 heteroatoms. The molecule has 0 heterocycles. The quantitative estimate of drug-likeness (QED) is 0.695. The number of aryl methyl sites for hydroxylation is 2. The van der Waals surface area contributed by atoms with E-state index < -0.39 is 0 Å². The van der Waals surface area contributed by atoms with E-state index in [0.29, 0.717) is 5.88 Å². The Hall–Kier alpha value is -1.67. The zero-order valence-corrected chi connectivity index (χ0v) is 13.3. The Kier molecular flexibility index (Phi) is 5.94. The van der Waals surface area contributed by atoms with Crippen LogP contribution in [0.2, 0.25) is 0 Å². The average Bonchev–Trinajstić information content (AvgIpc) is 2.55. The first kappa shape index (κ1) is 15.7. The first-order valence-electron chi connectivity index (χ1n) is 7.11. The number of rotatable bonds is 7. The summed E-state index contributed by atoms with van der Waals surface area (Å²) in [5.41, 5.74) is 3.79. The maximum Gasteiger partial charge on any atom is 0.160 e. The monoisotopic (exact) mass is 304 g/mol. The summed E-state index contributed by atoms with van der Waals surface area (Å²) >= 11 is 5.87. The second-order valence-corrected chi connectivity index (χ2v) is 5.26. The fraction of sp³-hybridized carbons (Fsp3) is 0.333. The van der Waals surface area contributed by atoms with Crippen LogP contribution in [0.15, 0.2) is 42.5 Å². The molecule has 2 rings (SSSR count). The predicted octanol–water partition coefficient (Wildman–Crippen LogP) is 4.62. The van der Waals surface area contributed by atoms with Crippen molar-refractivity contribution in [2.45, 2.75) is 25.1 Å². The summed E-state index contributed by atoms with van der Waals surface area (Å²) in [7, 11) is 3.32. The molecule has 21 heavy (non-hydrogen) atoms. The SMILES string of the molecule is COc1ccc(CCCc2cccc(CCl)c2)cc1OC. The summed E-state index contributed by atoms with van der Waals surface area (Å²) in [6, 6.07) is 14.6. The van der Waals surface area contributed by atoms with E-state index in [9.17, 15) is 0 Å². The molecular weight excluding hydrogens is 284 g/mol. The Morgan fingerprint density at radius 3 is 2.14 bits per heavy atom. The van der Waals surface area contributed by atoms with Crippen LogP contribution in [0.25, 0.3) is 0 Å². The second-order valence-electron chi connectivity index (χ2n) is 5.00. The molecule has 0 aliphatic heterocycles. The lowest BCUT2D eigenvalue weighted by Crippen LogP contribution is -1.94. The van der Waals surface area contributed by atoms with Gasteiger partial charge in [-0.2, -0.15) is 0 Å². The number of methoxy groups -OCH3 is 2. The molecule has 0 aliphatic carbocycles. The highest BCUT2D eigenvalue weighted by molar-refractivity contribution is 6.17. The van der Waals surface area contributed by atoms with Crippen LogP contribution in [0.1, 0.15) is 23.1 Å². The van der Waals surface area contributed by atoms with Crippen molar-refractivity contribution in [3.63, 3.8) is 0 Å². The van der Waals surface area contributed by atoms with Crippen molar-refractivity contribution >= 4 is 11.6 Å². The minimum absolute atomic E-state index is 0.573. The standard InChI is InChI=1S/C18H21ClO2/c1-20-17-10-9-15(12-18(17)21-2)7-3-5-14-6-4-8-16(11-14)13-19/h4,6,8-12H,3,5,7,13H2,1-2H3. The summed E-state index contributed by atoms with van der Waals surface area (Å²) in [6.45, 7) is 0. The van der Waals surface area contributed by atoms with Crippen LogP contribution in [0.5, 0.6) is 11.5 Å². The lowest BCUT2D eigenvalue weighted by atomic mass is 10.0. The number of halogens is 1. The Bertz CT molecular complexity index is 581. The molecule has 0 saturated heterocycles. The number of alkyl halides is 1. The maximum absolute atomic E-state index is 5.87. The van der Waals surface area contributed by atoms with Crippen molar-refractivity contribution in [2.24, 2.45) is 0 Å². The third kappa shape index (κ3) is 4.40. The second kappa shape index (κ2) is 7.94. The van der Waals surface area contributed by atoms with E-state index in [1.165, 1.54) is 16.7 Å². The molecule has 0 saturated carbocycles. The van der Waals surface area contributed by atoms with Gasteiger partial charge in [-0.1, -0.05) is 30.3 Å². The van der Waals surface area contributed by atoms with Gasteiger partial charge in [0.2, 0.25) is 0 Å². The zero-order valence-electron chi connectivity index (χ0n) is 12.6. The predicted molar refractivity (Wildman–Crippen MR) is 87.6 cm³/mol. The molecular formula is C18H21ClO2. The van der Waals surface area contributed by atoms with Crippen LogP contribution < -0.4 is 9.47 Å². The largest absolute Gasteiger partial charge is 0.493 e. The molecule has 0 fully saturated rings. The Balaban J connectivity index is 1.93. The molecule has 0 atom stereocenters. The van der Waals surface area contributed by atoms with Gasteiger partial charge in [0.05, 0.1) is 14.2 Å². The lowest BCUT2D eigenvalue weighted by Gasteiger charge is -2.09. The number of ether oxygens (including phenoxy) is 2. The summed E-state index contributed by atoms with van der Waals surface area (Å²) in [6.07, 6.45) is 3.17. The number of benzene rings is 2. The smallest absolute Gasteiger partial charge is 0.160 e. The molecule has 2 nitrogen and oxygen atoms in total. The van der Waals surface area contributed by atoms with Crippen LogP contribution in [-0.2, 0) is 18.7 Å². The van der Waals surface area contributed by atoms with Crippen molar-refractivity contribution in [1.82, 2.24) is 0 Å². The molecule has 0 radical (unpaired) electrons. The third-order valence-corrected chi connectivity index (χ3v) is 3.83. The molecule has 2 aromatic carbocycles. The van der Waals surface area contributed by atoms with E-state index in [1.807, 2.05) is 12.1 Å². The normalized spacial score (nSPS) is 10.4. The van der Waals surface area contributed by atoms with Gasteiger partial charge in [-0.3, -0.25) is 0 Å². The van der Waals surface area contributed by atoms with Crippen molar-refractivity contribution in [3.8, 4) is 11.5 Å². The zero-order chi connectivity index (χ0) is 15.1. The summed E-state index contributed by atoms with van der Waals surface area (Å²) in [4.78, 5) is 0. The van der Waals surface area contributed by atoms with Gasteiger partial charge in [0.15, 0.2) is 11.5 Å². The maximum atomic E-state index is 5.87. The van der Waals surface area contributed by atoms with Crippen molar-refractivity contribution in [1.29, 1.82) is 0 Å². The Morgan fingerprint density at radius 2 is 1.48 bits per heavy atom. The Morgan fingerprint density at radius 1 is 0.810 bits per heavy atom. The lowest BCUT2D eigenvalue weighted by molar-refractivity contribution is 0.354. The van der Waals surface area contributed by atoms with Gasteiger partial charge in [-0.05, 0) is 48.1 Å². The summed E-state index contributed by atoms with van der Waals surface area (Å²) in [5.74, 6) is 2.14. The highest BCUT2D eigenvalue weighted by Crippen LogP contribution is 2.28. The molecule has 112 valence electrons. The molecule has 0 N–H and O–H groups in total. The summed E-state index contributed by atoms with van der Waals surface area (Å²) in [5, 5.41) is 0. The van der Waals surface area contributed by atoms with E-state index in [2.05, 4.69) is 30.3 Å². The number of hydrogen-bond donors (Lipinski definition) is 0. The minimum atomic E-state index is 0.573. The topological polar surface area (TPSA) is 18.5 Å². The van der Waals surface area contributed by atoms with Gasteiger partial charge >= 0.3 is 0 Å². The van der Waals surface area contributed by atoms with Crippen LogP contribution in [-0.4, -0.2) is 14.2 Å². The van der Waals surface area contributed by atoms with Crippen molar-refractivity contribution in [2.75, 3.05) is 14.2 Å². The Labute approximate surface area is 131 Å². The average molecular weight is 305 g/mol. The van der Waals surface area contributed by atoms with Crippen molar-refractivity contribution < 1.29 is 9.47 Å². The van der Waals surface area contributed by atoms with Crippen LogP contribution in [0.3, 0.4) is 0 Å². The molecule has 0 unspecified atom stereocenters. The fourth-order valence-corrected chi connectivity index (χ4v) is 2.57. The molecule has 0 aliphatic rings. The highest BCUT2D eigenvalue weighted by atomic mass is 35.5. The van der Waals surface area contributed by atoms with E-state index in [0.717, 1.165) is 30.8 Å². The molecule has 0 aromatic heterocycles. The summed E-state index contributed by atoms with van der Waals surface area (Å²) < 4.78 is 10.6. The van der Waals surface area contributed by atoms with Crippen LogP contribution in [0.4, 0.5) is 0 Å². The van der Waals surface area contributed by atoms with Gasteiger partial charge in [-0.25, -0.2) is 0 Å². The first-order valence-corrected chi connectivity index (χ1v) is 7.65. The van der Waals surface area contributed by atoms with Gasteiger partial charge in [0, 0.05) is 5.88 Å². The minimum Gasteiger partial charge on any atom is -0.493 e. The molecule has 0 spiro atoms. The van der Waals surface area contributed by atoms with Gasteiger partial charge in [0.25, 0.3) is 0 Å². The number of hydrogen-bond acceptors (Lipinski definition) is 2. The van der Waals surface area contributed by atoms with Crippen LogP contribution in [0, 0.1) is 0 Å². The third-order valence-electron chi connectivity index (χ3n) is 3.52. The van der Waals surface area contributed by atoms with Gasteiger partial charge < -0.3 is 9.47 Å². The van der Waals surface area contributed by atoms with E-state index in [-0.39, 0.29) is 0 Å². The van der Waals surface area contributed by atoms with Gasteiger partial charge in [0.1, 0.15) is 0 Å². The fourth-order valence-electron chi connectivity index (χ4n) is 2.40. The molecule has 0 bridgehead atoms. The van der Waals surface area contributed by atoms with E-state index >= 15 is 0 Å². The molecule has 2 aromatic rings. The van der Waals surface area contributed by atoms with Gasteiger partial charge in [-0.15, -0.1) is 11.6 Å². The first-order chi connectivity index (χ1) is 10.3. The van der Waals surface area contributed by atoms with Crippen LogP contribution >= 0.6 is 11.6 Å². The highest BCUT2D eigenvalue weighted by Gasteiger charge is 2.04. The van der Waals surface area contributed by atoms with E-state index in [4.69, 9.17) is 21.1 Å². The van der Waals surface area contributed by atoms with E-state index in [1.54, 1.807) is 14.2 Å². The molecule has 0 amide bonds.